The fraction of sp³-hybridized carbons (Fsp3) is 0.0714. The molecule has 106 valence electrons. The van der Waals surface area contributed by atoms with E-state index in [2.05, 4.69) is 31.5 Å². The van der Waals surface area contributed by atoms with Crippen LogP contribution in [0.15, 0.2) is 40.9 Å². The van der Waals surface area contributed by atoms with E-state index in [1.807, 2.05) is 25.1 Å². The molecule has 0 saturated carbocycles. The summed E-state index contributed by atoms with van der Waals surface area (Å²) in [5.74, 6) is 0.579. The second-order valence-corrected chi connectivity index (χ2v) is 5.93. The van der Waals surface area contributed by atoms with Gasteiger partial charge in [-0.25, -0.2) is 0 Å². The lowest BCUT2D eigenvalue weighted by Gasteiger charge is -2.08. The zero-order valence-corrected chi connectivity index (χ0v) is 13.4. The molecule has 0 fully saturated rings. The summed E-state index contributed by atoms with van der Waals surface area (Å²) in [5.41, 5.74) is 9.13. The van der Waals surface area contributed by atoms with Gasteiger partial charge in [-0.1, -0.05) is 17.7 Å². The van der Waals surface area contributed by atoms with Gasteiger partial charge in [-0.2, -0.15) is 4.68 Å². The van der Waals surface area contributed by atoms with E-state index < -0.39 is 0 Å². The second-order valence-electron chi connectivity index (χ2n) is 4.64. The molecule has 0 aliphatic carbocycles. The molecule has 3 rings (SSSR count). The van der Waals surface area contributed by atoms with Crippen LogP contribution in [0.3, 0.4) is 0 Å². The summed E-state index contributed by atoms with van der Waals surface area (Å²) in [7, 11) is 0. The van der Waals surface area contributed by atoms with Crippen molar-refractivity contribution in [2.45, 2.75) is 6.92 Å². The summed E-state index contributed by atoms with van der Waals surface area (Å²) in [6.07, 6.45) is 0. The number of halogens is 2. The molecule has 2 N–H and O–H groups in total. The average molecular weight is 365 g/mol. The number of aromatic nitrogens is 4. The van der Waals surface area contributed by atoms with Crippen molar-refractivity contribution in [3.8, 4) is 17.1 Å². The van der Waals surface area contributed by atoms with Crippen LogP contribution in [0.1, 0.15) is 5.56 Å². The highest BCUT2D eigenvalue weighted by Gasteiger charge is 2.14. The summed E-state index contributed by atoms with van der Waals surface area (Å²) < 4.78 is 2.55. The molecular weight excluding hydrogens is 354 g/mol. The van der Waals surface area contributed by atoms with Crippen LogP contribution < -0.4 is 5.73 Å². The van der Waals surface area contributed by atoms with Gasteiger partial charge >= 0.3 is 0 Å². The summed E-state index contributed by atoms with van der Waals surface area (Å²) in [6, 6.07) is 11.2. The number of hydrogen-bond acceptors (Lipinski definition) is 4. The Morgan fingerprint density at radius 3 is 2.76 bits per heavy atom. The number of tetrazole rings is 1. The quantitative estimate of drug-likeness (QED) is 0.705. The minimum absolute atomic E-state index is 0.544. The topological polar surface area (TPSA) is 69.6 Å². The maximum atomic E-state index is 6.05. The van der Waals surface area contributed by atoms with Gasteiger partial charge in [0.25, 0.3) is 0 Å². The Labute approximate surface area is 134 Å². The highest BCUT2D eigenvalue weighted by molar-refractivity contribution is 9.10. The van der Waals surface area contributed by atoms with Crippen LogP contribution in [0.2, 0.25) is 5.02 Å². The van der Waals surface area contributed by atoms with E-state index in [9.17, 15) is 0 Å². The number of nitrogen functional groups attached to an aromatic ring is 1. The third-order valence-electron chi connectivity index (χ3n) is 2.98. The molecule has 1 aromatic heterocycles. The lowest BCUT2D eigenvalue weighted by Crippen LogP contribution is -2.01. The Bertz CT molecular complexity index is 795. The predicted molar refractivity (Wildman–Crippen MR) is 86.4 cm³/mol. The first-order chi connectivity index (χ1) is 10.0. The van der Waals surface area contributed by atoms with Crippen molar-refractivity contribution in [2.24, 2.45) is 0 Å². The molecule has 3 aromatic rings. The molecule has 0 unspecified atom stereocenters. The van der Waals surface area contributed by atoms with Gasteiger partial charge in [-0.15, -0.1) is 5.10 Å². The van der Waals surface area contributed by atoms with Crippen LogP contribution in [0.4, 0.5) is 5.69 Å². The van der Waals surface area contributed by atoms with E-state index >= 15 is 0 Å². The van der Waals surface area contributed by atoms with Gasteiger partial charge in [0.15, 0.2) is 5.82 Å². The van der Waals surface area contributed by atoms with E-state index in [1.165, 1.54) is 0 Å². The Hall–Kier alpha value is -1.92. The molecule has 0 amide bonds. The molecule has 7 heteroatoms. The maximum absolute atomic E-state index is 6.05. The minimum atomic E-state index is 0.544. The van der Waals surface area contributed by atoms with E-state index in [0.29, 0.717) is 16.5 Å². The molecule has 0 spiro atoms. The highest BCUT2D eigenvalue weighted by atomic mass is 79.9. The first kappa shape index (κ1) is 14.0. The van der Waals surface area contributed by atoms with Crippen molar-refractivity contribution in [1.29, 1.82) is 0 Å². The summed E-state index contributed by atoms with van der Waals surface area (Å²) >= 11 is 9.58. The van der Waals surface area contributed by atoms with Crippen LogP contribution in [-0.2, 0) is 0 Å². The zero-order valence-electron chi connectivity index (χ0n) is 11.1. The van der Waals surface area contributed by atoms with Crippen LogP contribution >= 0.6 is 27.5 Å². The van der Waals surface area contributed by atoms with Gasteiger partial charge in [0, 0.05) is 20.7 Å². The van der Waals surface area contributed by atoms with Crippen molar-refractivity contribution in [3.05, 3.63) is 51.5 Å². The van der Waals surface area contributed by atoms with E-state index in [0.717, 1.165) is 21.3 Å². The second kappa shape index (κ2) is 5.46. The molecule has 0 aliphatic rings. The van der Waals surface area contributed by atoms with Gasteiger partial charge in [-0.3, -0.25) is 0 Å². The van der Waals surface area contributed by atoms with Gasteiger partial charge in [0.1, 0.15) is 0 Å². The third-order valence-corrected chi connectivity index (χ3v) is 3.87. The van der Waals surface area contributed by atoms with Crippen LogP contribution in [0.5, 0.6) is 0 Å². The monoisotopic (exact) mass is 363 g/mol. The third kappa shape index (κ3) is 2.77. The van der Waals surface area contributed by atoms with Crippen molar-refractivity contribution in [1.82, 2.24) is 20.2 Å². The largest absolute Gasteiger partial charge is 0.399 e. The predicted octanol–water partition coefficient (Wildman–Crippen LogP) is 3.64. The standard InChI is InChI=1S/C14H11BrClN5/c1-8-2-3-12(15)13(4-8)21-14(18-19-20-21)9-5-10(16)7-11(17)6-9/h2-7H,17H2,1H3. The Balaban J connectivity index is 2.19. The van der Waals surface area contributed by atoms with Gasteiger partial charge < -0.3 is 5.73 Å². The highest BCUT2D eigenvalue weighted by Crippen LogP contribution is 2.28. The zero-order chi connectivity index (χ0) is 15.0. The molecule has 0 atom stereocenters. The van der Waals surface area contributed by atoms with Crippen molar-refractivity contribution in [2.75, 3.05) is 5.73 Å². The molecule has 0 radical (unpaired) electrons. The lowest BCUT2D eigenvalue weighted by atomic mass is 10.1. The summed E-state index contributed by atoms with van der Waals surface area (Å²) in [6.45, 7) is 2.01. The van der Waals surface area contributed by atoms with Crippen LogP contribution in [0.25, 0.3) is 17.1 Å². The number of anilines is 1. The Kier molecular flexibility index (Phi) is 3.65. The SMILES string of the molecule is Cc1ccc(Br)c(-n2nnnc2-c2cc(N)cc(Cl)c2)c1. The number of aryl methyl sites for hydroxylation is 1. The van der Waals surface area contributed by atoms with Gasteiger partial charge in [-0.05, 0) is 69.2 Å². The van der Waals surface area contributed by atoms with Crippen molar-refractivity contribution >= 4 is 33.2 Å². The molecule has 2 aromatic carbocycles. The normalized spacial score (nSPS) is 10.8. The minimum Gasteiger partial charge on any atom is -0.399 e. The number of nitrogens with zero attached hydrogens (tertiary/aromatic N) is 4. The first-order valence-corrected chi connectivity index (χ1v) is 7.33. The van der Waals surface area contributed by atoms with Crippen LogP contribution in [-0.4, -0.2) is 20.2 Å². The van der Waals surface area contributed by atoms with Gasteiger partial charge in [0.2, 0.25) is 0 Å². The Morgan fingerprint density at radius 2 is 2.00 bits per heavy atom. The molecule has 1 heterocycles. The lowest BCUT2D eigenvalue weighted by molar-refractivity contribution is 0.788. The summed E-state index contributed by atoms with van der Waals surface area (Å²) in [4.78, 5) is 0. The molecule has 0 saturated heterocycles. The molecule has 0 bridgehead atoms. The van der Waals surface area contributed by atoms with Gasteiger partial charge in [0.05, 0.1) is 5.69 Å². The fourth-order valence-electron chi connectivity index (χ4n) is 2.06. The van der Waals surface area contributed by atoms with E-state index in [1.54, 1.807) is 22.9 Å². The van der Waals surface area contributed by atoms with E-state index in [4.69, 9.17) is 17.3 Å². The van der Waals surface area contributed by atoms with Crippen molar-refractivity contribution < 1.29 is 0 Å². The number of nitrogens with two attached hydrogens (primary N) is 1. The first-order valence-electron chi connectivity index (χ1n) is 6.16. The fourth-order valence-corrected chi connectivity index (χ4v) is 2.71. The van der Waals surface area contributed by atoms with Crippen molar-refractivity contribution in [3.63, 3.8) is 0 Å². The molecular formula is C14H11BrClN5. The van der Waals surface area contributed by atoms with E-state index in [-0.39, 0.29) is 0 Å². The number of benzene rings is 2. The summed E-state index contributed by atoms with van der Waals surface area (Å²) in [5, 5.41) is 12.5. The number of hydrogen-bond donors (Lipinski definition) is 1. The van der Waals surface area contributed by atoms with Crippen LogP contribution in [0, 0.1) is 6.92 Å². The smallest absolute Gasteiger partial charge is 0.187 e. The molecule has 21 heavy (non-hydrogen) atoms. The Morgan fingerprint density at radius 1 is 1.19 bits per heavy atom. The number of rotatable bonds is 2. The molecule has 0 aliphatic heterocycles. The maximum Gasteiger partial charge on any atom is 0.187 e. The molecule has 5 nitrogen and oxygen atoms in total. The average Bonchev–Trinajstić information content (AvgIpc) is 2.89.